The maximum atomic E-state index is 13.8. The summed E-state index contributed by atoms with van der Waals surface area (Å²) in [4.78, 5) is 31.5. The highest BCUT2D eigenvalue weighted by molar-refractivity contribution is 5.96. The second kappa shape index (κ2) is 9.57. The molecule has 0 unspecified atom stereocenters. The van der Waals surface area contributed by atoms with Gasteiger partial charge in [0.15, 0.2) is 11.5 Å². The summed E-state index contributed by atoms with van der Waals surface area (Å²) in [5, 5.41) is 0.955. The third-order valence-corrected chi connectivity index (χ3v) is 6.44. The SMILES string of the molecule is COc1cc(C(=O)N(Cc2cc3cccc(C)c3[nH]c2=O)C2CCCC2)cc(OC)c1OC. The molecule has 1 N–H and O–H groups in total. The number of aromatic nitrogens is 1. The largest absolute Gasteiger partial charge is 0.493 e. The van der Waals surface area contributed by atoms with E-state index in [1.165, 1.54) is 21.3 Å². The number of nitrogens with zero attached hydrogens (tertiary/aromatic N) is 1. The summed E-state index contributed by atoms with van der Waals surface area (Å²) >= 11 is 0. The highest BCUT2D eigenvalue weighted by atomic mass is 16.5. The highest BCUT2D eigenvalue weighted by Gasteiger charge is 2.30. The molecule has 7 heteroatoms. The number of rotatable bonds is 7. The predicted octanol–water partition coefficient (Wildman–Crippen LogP) is 4.45. The van der Waals surface area contributed by atoms with E-state index in [1.807, 2.05) is 36.1 Å². The molecule has 1 heterocycles. The Balaban J connectivity index is 1.75. The van der Waals surface area contributed by atoms with Gasteiger partial charge in [0.1, 0.15) is 0 Å². The fraction of sp³-hybridized carbons (Fsp3) is 0.385. The number of H-pyrrole nitrogens is 1. The smallest absolute Gasteiger partial charge is 0.254 e. The van der Waals surface area contributed by atoms with Gasteiger partial charge in [0, 0.05) is 17.2 Å². The van der Waals surface area contributed by atoms with Crippen LogP contribution in [0, 0.1) is 6.92 Å². The van der Waals surface area contributed by atoms with Crippen molar-refractivity contribution in [1.82, 2.24) is 9.88 Å². The van der Waals surface area contributed by atoms with Crippen molar-refractivity contribution in [3.63, 3.8) is 0 Å². The Morgan fingerprint density at radius 1 is 1.03 bits per heavy atom. The molecule has 0 bridgehead atoms. The summed E-state index contributed by atoms with van der Waals surface area (Å²) in [6.07, 6.45) is 3.97. The number of carbonyl (C=O) groups is 1. The summed E-state index contributed by atoms with van der Waals surface area (Å²) in [7, 11) is 4.58. The van der Waals surface area contributed by atoms with E-state index in [9.17, 15) is 9.59 Å². The van der Waals surface area contributed by atoms with E-state index in [-0.39, 0.29) is 24.1 Å². The number of fused-ring (bicyclic) bond motifs is 1. The van der Waals surface area contributed by atoms with E-state index in [2.05, 4.69) is 4.98 Å². The summed E-state index contributed by atoms with van der Waals surface area (Å²) < 4.78 is 16.3. The molecule has 174 valence electrons. The standard InChI is InChI=1S/C26H30N2O5/c1-16-8-7-9-17-12-19(25(29)27-23(16)17)15-28(20-10-5-6-11-20)26(30)18-13-21(31-2)24(33-4)22(14-18)32-3/h7-9,12-14,20H,5-6,10-11,15H2,1-4H3,(H,27,29). The quantitative estimate of drug-likeness (QED) is 0.575. The number of nitrogens with one attached hydrogen (secondary N) is 1. The molecule has 7 nitrogen and oxygen atoms in total. The van der Waals surface area contributed by atoms with Crippen molar-refractivity contribution < 1.29 is 19.0 Å². The van der Waals surface area contributed by atoms with Gasteiger partial charge in [0.25, 0.3) is 11.5 Å². The van der Waals surface area contributed by atoms with Crippen LogP contribution in [0.4, 0.5) is 0 Å². The maximum absolute atomic E-state index is 13.8. The summed E-state index contributed by atoms with van der Waals surface area (Å²) in [5.74, 6) is 1.12. The fourth-order valence-electron chi connectivity index (χ4n) is 4.68. The Labute approximate surface area is 193 Å². The zero-order chi connectivity index (χ0) is 23.5. The number of aromatic amines is 1. The van der Waals surface area contributed by atoms with Crippen molar-refractivity contribution in [1.29, 1.82) is 0 Å². The van der Waals surface area contributed by atoms with E-state index < -0.39 is 0 Å². The van der Waals surface area contributed by atoms with Crippen LogP contribution in [0.1, 0.15) is 47.2 Å². The Kier molecular flexibility index (Phi) is 6.58. The number of amides is 1. The summed E-state index contributed by atoms with van der Waals surface area (Å²) in [6.45, 7) is 2.20. The minimum atomic E-state index is -0.169. The number of hydrogen-bond acceptors (Lipinski definition) is 5. The van der Waals surface area contributed by atoms with Gasteiger partial charge in [-0.15, -0.1) is 0 Å². The second-order valence-corrected chi connectivity index (χ2v) is 8.45. The molecule has 0 aliphatic heterocycles. The molecule has 33 heavy (non-hydrogen) atoms. The molecule has 1 amide bonds. The first-order valence-corrected chi connectivity index (χ1v) is 11.2. The third-order valence-electron chi connectivity index (χ3n) is 6.44. The van der Waals surface area contributed by atoms with Crippen LogP contribution in [0.3, 0.4) is 0 Å². The van der Waals surface area contributed by atoms with E-state index in [1.54, 1.807) is 12.1 Å². The average Bonchev–Trinajstić information content (AvgIpc) is 3.36. The van der Waals surface area contributed by atoms with Crippen LogP contribution in [0.15, 0.2) is 41.2 Å². The molecular weight excluding hydrogens is 420 g/mol. The maximum Gasteiger partial charge on any atom is 0.254 e. The molecule has 2 aromatic carbocycles. The van der Waals surface area contributed by atoms with Crippen molar-refractivity contribution in [2.24, 2.45) is 0 Å². The van der Waals surface area contributed by atoms with Crippen LogP contribution in [-0.2, 0) is 6.54 Å². The van der Waals surface area contributed by atoms with Gasteiger partial charge in [-0.2, -0.15) is 0 Å². The van der Waals surface area contributed by atoms with E-state index >= 15 is 0 Å². The lowest BCUT2D eigenvalue weighted by Gasteiger charge is -2.29. The zero-order valence-electron chi connectivity index (χ0n) is 19.6. The van der Waals surface area contributed by atoms with Gasteiger partial charge in [-0.05, 0) is 48.9 Å². The minimum Gasteiger partial charge on any atom is -0.493 e. The van der Waals surface area contributed by atoms with Gasteiger partial charge < -0.3 is 24.1 Å². The first-order valence-electron chi connectivity index (χ1n) is 11.2. The van der Waals surface area contributed by atoms with Gasteiger partial charge in [-0.25, -0.2) is 0 Å². The van der Waals surface area contributed by atoms with Crippen molar-refractivity contribution >= 4 is 16.8 Å². The molecule has 3 aromatic rings. The second-order valence-electron chi connectivity index (χ2n) is 8.45. The molecule has 4 rings (SSSR count). The molecule has 1 aromatic heterocycles. The summed E-state index contributed by atoms with van der Waals surface area (Å²) in [6, 6.07) is 11.2. The van der Waals surface area contributed by atoms with Crippen LogP contribution in [0.5, 0.6) is 17.2 Å². The predicted molar refractivity (Wildman–Crippen MR) is 128 cm³/mol. The number of methoxy groups -OCH3 is 3. The lowest BCUT2D eigenvalue weighted by molar-refractivity contribution is 0.0663. The normalized spacial score (nSPS) is 13.8. The van der Waals surface area contributed by atoms with Crippen molar-refractivity contribution in [2.45, 2.75) is 45.2 Å². The first-order chi connectivity index (χ1) is 16.0. The summed E-state index contributed by atoms with van der Waals surface area (Å²) in [5.41, 5.74) is 2.68. The van der Waals surface area contributed by atoms with Gasteiger partial charge in [0.2, 0.25) is 5.75 Å². The fourth-order valence-corrected chi connectivity index (χ4v) is 4.68. The number of benzene rings is 2. The van der Waals surface area contributed by atoms with E-state index in [0.717, 1.165) is 42.1 Å². The molecule has 1 aliphatic carbocycles. The third kappa shape index (κ3) is 4.40. The zero-order valence-corrected chi connectivity index (χ0v) is 19.6. The first kappa shape index (κ1) is 22.7. The van der Waals surface area contributed by atoms with Crippen molar-refractivity contribution in [3.05, 3.63) is 63.4 Å². The molecule has 1 saturated carbocycles. The molecule has 0 saturated heterocycles. The van der Waals surface area contributed by atoms with E-state index in [0.29, 0.717) is 28.4 Å². The Morgan fingerprint density at radius 3 is 2.30 bits per heavy atom. The van der Waals surface area contributed by atoms with Crippen LogP contribution in [0.25, 0.3) is 10.9 Å². The van der Waals surface area contributed by atoms with Crippen LogP contribution in [-0.4, -0.2) is 43.2 Å². The molecule has 1 aliphatic rings. The number of carbonyl (C=O) groups excluding carboxylic acids is 1. The van der Waals surface area contributed by atoms with E-state index in [4.69, 9.17) is 14.2 Å². The molecule has 0 radical (unpaired) electrons. The molecule has 0 spiro atoms. The number of para-hydroxylation sites is 1. The van der Waals surface area contributed by atoms with Gasteiger partial charge in [-0.3, -0.25) is 9.59 Å². The monoisotopic (exact) mass is 450 g/mol. The molecule has 0 atom stereocenters. The van der Waals surface area contributed by atoms with Crippen LogP contribution >= 0.6 is 0 Å². The number of ether oxygens (including phenoxy) is 3. The highest BCUT2D eigenvalue weighted by Crippen LogP contribution is 2.39. The van der Waals surface area contributed by atoms with Crippen LogP contribution in [0.2, 0.25) is 0 Å². The van der Waals surface area contributed by atoms with Crippen molar-refractivity contribution in [2.75, 3.05) is 21.3 Å². The lowest BCUT2D eigenvalue weighted by atomic mass is 10.1. The Hall–Kier alpha value is -3.48. The van der Waals surface area contributed by atoms with Gasteiger partial charge >= 0.3 is 0 Å². The average molecular weight is 451 g/mol. The number of aryl methyl sites for hydroxylation is 1. The minimum absolute atomic E-state index is 0.0733. The van der Waals surface area contributed by atoms with Crippen LogP contribution < -0.4 is 19.8 Å². The topological polar surface area (TPSA) is 80.9 Å². The van der Waals surface area contributed by atoms with Gasteiger partial charge in [-0.1, -0.05) is 31.0 Å². The molecule has 1 fully saturated rings. The van der Waals surface area contributed by atoms with Gasteiger partial charge in [0.05, 0.1) is 33.4 Å². The number of hydrogen-bond donors (Lipinski definition) is 1. The Morgan fingerprint density at radius 2 is 1.70 bits per heavy atom. The van der Waals surface area contributed by atoms with Crippen molar-refractivity contribution in [3.8, 4) is 17.2 Å². The molecular formula is C26H30N2O5. The Bertz CT molecular complexity index is 1200. The number of pyridine rings is 1. The lowest BCUT2D eigenvalue weighted by Crippen LogP contribution is -2.39.